The summed E-state index contributed by atoms with van der Waals surface area (Å²) < 4.78 is 18.4. The van der Waals surface area contributed by atoms with Gasteiger partial charge in [-0.05, 0) is 56.3 Å². The Labute approximate surface area is 146 Å². The Kier molecular flexibility index (Phi) is 7.65. The minimum absolute atomic E-state index is 0.193. The van der Waals surface area contributed by atoms with Crippen LogP contribution in [0.5, 0.6) is 0 Å². The smallest absolute Gasteiger partial charge is 0.189 e. The molecule has 0 spiro atoms. The molecule has 0 unspecified atom stereocenters. The molecule has 25 heavy (non-hydrogen) atoms. The highest BCUT2D eigenvalue weighted by Crippen LogP contribution is 2.20. The number of ether oxygens (including phenoxy) is 1. The van der Waals surface area contributed by atoms with Gasteiger partial charge in [0, 0.05) is 6.21 Å². The van der Waals surface area contributed by atoms with Crippen LogP contribution < -0.4 is 16.8 Å². The maximum Gasteiger partial charge on any atom is 0.189 e. The van der Waals surface area contributed by atoms with Gasteiger partial charge in [-0.1, -0.05) is 6.08 Å². The number of aliphatic imine (C=N–C) groups is 1. The second-order valence-electron chi connectivity index (χ2n) is 4.90. The minimum atomic E-state index is -0.377. The normalized spacial score (nSPS) is 13.4. The fraction of sp³-hybridized carbons (Fsp3) is 0.111. The maximum atomic E-state index is 13.2. The number of nitrogens with zero attached hydrogens (tertiary/aromatic N) is 1. The van der Waals surface area contributed by atoms with Gasteiger partial charge >= 0.3 is 0 Å². The van der Waals surface area contributed by atoms with Gasteiger partial charge in [-0.25, -0.2) is 9.38 Å². The van der Waals surface area contributed by atoms with Crippen molar-refractivity contribution in [3.05, 3.63) is 77.9 Å². The lowest BCUT2D eigenvalue weighted by Crippen LogP contribution is -2.20. The standard InChI is InChI=1S/C18H22FN5O/c1-4-11-25-13(3)24-18(16(9-10-20)23-12(2)21)17(22)14-5-7-15(19)8-6-14/h4-11,20,24H,3,22H2,1-2H3,(H2,21,23)/b11-4-,16-9-,18-17?,20-10?. The van der Waals surface area contributed by atoms with E-state index < -0.39 is 0 Å². The Hall–Kier alpha value is -3.35. The van der Waals surface area contributed by atoms with Gasteiger partial charge < -0.3 is 26.9 Å². The van der Waals surface area contributed by atoms with Crippen LogP contribution in [0.2, 0.25) is 0 Å². The van der Waals surface area contributed by atoms with Gasteiger partial charge in [-0.3, -0.25) is 0 Å². The average molecular weight is 343 g/mol. The molecule has 6 N–H and O–H groups in total. The molecule has 0 saturated heterocycles. The van der Waals surface area contributed by atoms with Gasteiger partial charge in [-0.2, -0.15) is 0 Å². The van der Waals surface area contributed by atoms with E-state index in [1.807, 2.05) is 0 Å². The van der Waals surface area contributed by atoms with Crippen LogP contribution >= 0.6 is 0 Å². The minimum Gasteiger partial charge on any atom is -0.450 e. The summed E-state index contributed by atoms with van der Waals surface area (Å²) >= 11 is 0. The van der Waals surface area contributed by atoms with Gasteiger partial charge in [-0.15, -0.1) is 0 Å². The molecule has 0 aliphatic heterocycles. The van der Waals surface area contributed by atoms with E-state index in [0.29, 0.717) is 17.0 Å². The maximum absolute atomic E-state index is 13.2. The molecule has 7 heteroatoms. The number of hydrogen-bond donors (Lipinski definition) is 4. The number of rotatable bonds is 8. The van der Waals surface area contributed by atoms with Crippen molar-refractivity contribution in [3.63, 3.8) is 0 Å². The quantitative estimate of drug-likeness (QED) is 0.252. The summed E-state index contributed by atoms with van der Waals surface area (Å²) in [5.41, 5.74) is 13.3. The summed E-state index contributed by atoms with van der Waals surface area (Å²) in [4.78, 5) is 4.18. The van der Waals surface area contributed by atoms with Crippen LogP contribution in [0.1, 0.15) is 19.4 Å². The zero-order valence-electron chi connectivity index (χ0n) is 14.2. The zero-order chi connectivity index (χ0) is 18.8. The first-order chi connectivity index (χ1) is 11.9. The lowest BCUT2D eigenvalue weighted by molar-refractivity contribution is 0.327. The van der Waals surface area contributed by atoms with Crippen LogP contribution in [0, 0.1) is 11.2 Å². The van der Waals surface area contributed by atoms with E-state index in [9.17, 15) is 4.39 Å². The molecule has 0 saturated carbocycles. The van der Waals surface area contributed by atoms with Crippen LogP contribution in [0.3, 0.4) is 0 Å². The molecular weight excluding hydrogens is 321 g/mol. The van der Waals surface area contributed by atoms with Crippen molar-refractivity contribution >= 4 is 17.7 Å². The second-order valence-corrected chi connectivity index (χ2v) is 4.90. The molecule has 0 atom stereocenters. The molecule has 0 fully saturated rings. The van der Waals surface area contributed by atoms with Gasteiger partial charge in [0.1, 0.15) is 5.82 Å². The first-order valence-electron chi connectivity index (χ1n) is 7.40. The highest BCUT2D eigenvalue weighted by molar-refractivity contribution is 5.82. The van der Waals surface area contributed by atoms with Crippen LogP contribution in [-0.4, -0.2) is 12.1 Å². The molecule has 0 heterocycles. The topological polar surface area (TPSA) is 110 Å². The van der Waals surface area contributed by atoms with Crippen LogP contribution in [0.25, 0.3) is 5.70 Å². The van der Waals surface area contributed by atoms with Crippen molar-refractivity contribution in [1.29, 1.82) is 5.41 Å². The monoisotopic (exact) mass is 343 g/mol. The summed E-state index contributed by atoms with van der Waals surface area (Å²) in [6, 6.07) is 5.65. The molecule has 1 aromatic carbocycles. The summed E-state index contributed by atoms with van der Waals surface area (Å²) in [5, 5.41) is 10.2. The van der Waals surface area contributed by atoms with Gasteiger partial charge in [0.15, 0.2) is 5.88 Å². The van der Waals surface area contributed by atoms with E-state index in [1.54, 1.807) is 19.9 Å². The third-order valence-corrected chi connectivity index (χ3v) is 2.83. The third-order valence-electron chi connectivity index (χ3n) is 2.83. The van der Waals surface area contributed by atoms with Gasteiger partial charge in [0.2, 0.25) is 0 Å². The molecular formula is C18H22FN5O. The number of nitrogens with one attached hydrogen (secondary N) is 2. The number of nitrogens with two attached hydrogens (primary N) is 2. The molecule has 6 nitrogen and oxygen atoms in total. The summed E-state index contributed by atoms with van der Waals surface area (Å²) in [7, 11) is 0. The molecule has 132 valence electrons. The van der Waals surface area contributed by atoms with Crippen molar-refractivity contribution < 1.29 is 9.13 Å². The van der Waals surface area contributed by atoms with Gasteiger partial charge in [0.05, 0.1) is 29.2 Å². The lowest BCUT2D eigenvalue weighted by Gasteiger charge is -2.16. The first-order valence-corrected chi connectivity index (χ1v) is 7.40. The molecule has 0 aromatic heterocycles. The van der Waals surface area contributed by atoms with E-state index in [0.717, 1.165) is 6.21 Å². The van der Waals surface area contributed by atoms with Gasteiger partial charge in [0.25, 0.3) is 0 Å². The number of benzene rings is 1. The highest BCUT2D eigenvalue weighted by atomic mass is 19.1. The molecule has 0 bridgehead atoms. The Morgan fingerprint density at radius 1 is 1.32 bits per heavy atom. The number of halogens is 1. The molecule has 0 radical (unpaired) electrons. The van der Waals surface area contributed by atoms with E-state index in [1.165, 1.54) is 36.6 Å². The van der Waals surface area contributed by atoms with E-state index in [4.69, 9.17) is 21.6 Å². The van der Waals surface area contributed by atoms with Crippen molar-refractivity contribution in [2.24, 2.45) is 16.5 Å². The lowest BCUT2D eigenvalue weighted by atomic mass is 10.1. The molecule has 1 aromatic rings. The number of hydrogen-bond acceptors (Lipinski definition) is 5. The van der Waals surface area contributed by atoms with Crippen LogP contribution in [0.4, 0.5) is 4.39 Å². The van der Waals surface area contributed by atoms with Crippen LogP contribution in [0.15, 0.2) is 71.5 Å². The van der Waals surface area contributed by atoms with E-state index in [2.05, 4.69) is 16.9 Å². The summed E-state index contributed by atoms with van der Waals surface area (Å²) in [6.07, 6.45) is 5.60. The molecule has 0 amide bonds. The largest absolute Gasteiger partial charge is 0.450 e. The number of allylic oxidation sites excluding steroid dienone is 2. The molecule has 1 rings (SSSR count). The van der Waals surface area contributed by atoms with Crippen LogP contribution in [-0.2, 0) is 4.74 Å². The SMILES string of the molecule is C=C(NC(=C(N)c1ccc(F)cc1)C(=C/C=N)/N=C(\C)N)O/C=C\C. The Morgan fingerprint density at radius 2 is 1.96 bits per heavy atom. The number of amidine groups is 1. The highest BCUT2D eigenvalue weighted by Gasteiger charge is 2.13. The van der Waals surface area contributed by atoms with Crippen molar-refractivity contribution in [2.75, 3.05) is 0 Å². The molecule has 0 aliphatic carbocycles. The van der Waals surface area contributed by atoms with E-state index in [-0.39, 0.29) is 23.2 Å². The second kappa shape index (κ2) is 9.71. The predicted molar refractivity (Wildman–Crippen MR) is 99.8 cm³/mol. The first kappa shape index (κ1) is 19.7. The Bertz CT molecular complexity index is 741. The average Bonchev–Trinajstić information content (AvgIpc) is 2.57. The van der Waals surface area contributed by atoms with Crippen molar-refractivity contribution in [2.45, 2.75) is 13.8 Å². The Balaban J connectivity index is 3.43. The third kappa shape index (κ3) is 6.34. The Morgan fingerprint density at radius 3 is 2.48 bits per heavy atom. The predicted octanol–water partition coefficient (Wildman–Crippen LogP) is 2.97. The zero-order valence-corrected chi connectivity index (χ0v) is 14.2. The fourth-order valence-electron chi connectivity index (χ4n) is 1.81. The van der Waals surface area contributed by atoms with Crippen molar-refractivity contribution in [1.82, 2.24) is 5.32 Å². The molecule has 0 aliphatic rings. The van der Waals surface area contributed by atoms with E-state index >= 15 is 0 Å². The fourth-order valence-corrected chi connectivity index (χ4v) is 1.81. The van der Waals surface area contributed by atoms with Crippen molar-refractivity contribution in [3.8, 4) is 0 Å². The summed E-state index contributed by atoms with van der Waals surface area (Å²) in [5.74, 6) is 0.0937. The summed E-state index contributed by atoms with van der Waals surface area (Å²) in [6.45, 7) is 7.14.